The van der Waals surface area contributed by atoms with Gasteiger partial charge in [0.2, 0.25) is 0 Å². The number of benzene rings is 1. The van der Waals surface area contributed by atoms with E-state index in [1.165, 1.54) is 18.4 Å². The zero-order valence-corrected chi connectivity index (χ0v) is 8.07. The van der Waals surface area contributed by atoms with Gasteiger partial charge >= 0.3 is 0 Å². The van der Waals surface area contributed by atoms with E-state index in [1.54, 1.807) is 12.1 Å². The first kappa shape index (κ1) is 8.30. The molecular formula is C12H14O2. The van der Waals surface area contributed by atoms with Gasteiger partial charge in [0.1, 0.15) is 5.75 Å². The normalized spacial score (nSPS) is 35.0. The fraction of sp³-hybridized carbons (Fsp3) is 0.500. The van der Waals surface area contributed by atoms with Gasteiger partial charge in [0.05, 0.1) is 12.7 Å². The predicted molar refractivity (Wildman–Crippen MR) is 53.4 cm³/mol. The zero-order valence-electron chi connectivity index (χ0n) is 8.07. The standard InChI is InChI=1S/C12H14O2/c13-10-3-1-9(2-4-10)12-6-5-11(7-12)14-8-12/h1-4,11,13H,5-8H2. The molecule has 14 heavy (non-hydrogen) atoms. The third-order valence-electron chi connectivity index (χ3n) is 3.64. The number of hydrogen-bond donors (Lipinski definition) is 1. The Morgan fingerprint density at radius 3 is 2.57 bits per heavy atom. The van der Waals surface area contributed by atoms with Gasteiger partial charge in [-0.1, -0.05) is 12.1 Å². The lowest BCUT2D eigenvalue weighted by Crippen LogP contribution is -2.24. The van der Waals surface area contributed by atoms with Crippen molar-refractivity contribution < 1.29 is 9.84 Å². The fourth-order valence-electron chi connectivity index (χ4n) is 2.79. The molecule has 2 unspecified atom stereocenters. The van der Waals surface area contributed by atoms with Crippen LogP contribution in [0.4, 0.5) is 0 Å². The molecule has 0 spiro atoms. The molecule has 3 rings (SSSR count). The lowest BCUT2D eigenvalue weighted by Gasteiger charge is -2.25. The number of aromatic hydroxyl groups is 1. The van der Waals surface area contributed by atoms with E-state index in [1.807, 2.05) is 12.1 Å². The van der Waals surface area contributed by atoms with E-state index in [0.29, 0.717) is 11.9 Å². The molecule has 1 aromatic rings. The van der Waals surface area contributed by atoms with E-state index in [4.69, 9.17) is 4.74 Å². The van der Waals surface area contributed by atoms with Crippen molar-refractivity contribution in [2.75, 3.05) is 6.61 Å². The molecule has 1 N–H and O–H groups in total. The minimum Gasteiger partial charge on any atom is -0.508 e. The molecule has 1 aromatic carbocycles. The molecular weight excluding hydrogens is 176 g/mol. The van der Waals surface area contributed by atoms with E-state index >= 15 is 0 Å². The van der Waals surface area contributed by atoms with Crippen LogP contribution in [0, 0.1) is 0 Å². The van der Waals surface area contributed by atoms with Crippen LogP contribution < -0.4 is 0 Å². The summed E-state index contributed by atoms with van der Waals surface area (Å²) in [5, 5.41) is 9.24. The minimum atomic E-state index is 0.262. The molecule has 0 radical (unpaired) electrons. The van der Waals surface area contributed by atoms with Gasteiger partial charge < -0.3 is 9.84 Å². The summed E-state index contributed by atoms with van der Waals surface area (Å²) < 4.78 is 5.68. The maximum Gasteiger partial charge on any atom is 0.115 e. The average molecular weight is 190 g/mol. The Morgan fingerprint density at radius 2 is 2.07 bits per heavy atom. The maximum absolute atomic E-state index is 9.24. The molecule has 2 aliphatic rings. The summed E-state index contributed by atoms with van der Waals surface area (Å²) in [6, 6.07) is 7.62. The SMILES string of the molecule is Oc1ccc(C23CCC(C2)OC3)cc1. The lowest BCUT2D eigenvalue weighted by molar-refractivity contribution is 0.0698. The highest BCUT2D eigenvalue weighted by Gasteiger charge is 2.46. The molecule has 1 aliphatic heterocycles. The molecule has 1 saturated carbocycles. The third kappa shape index (κ3) is 1.07. The van der Waals surface area contributed by atoms with Gasteiger partial charge in [0.15, 0.2) is 0 Å². The number of phenols is 1. The van der Waals surface area contributed by atoms with Crippen molar-refractivity contribution in [3.63, 3.8) is 0 Å². The Hall–Kier alpha value is -1.02. The molecule has 74 valence electrons. The van der Waals surface area contributed by atoms with Gasteiger partial charge in [-0.2, -0.15) is 0 Å². The van der Waals surface area contributed by atoms with Gasteiger partial charge in [0.25, 0.3) is 0 Å². The largest absolute Gasteiger partial charge is 0.508 e. The Morgan fingerprint density at radius 1 is 1.29 bits per heavy atom. The van der Waals surface area contributed by atoms with Crippen LogP contribution in [-0.2, 0) is 10.2 Å². The topological polar surface area (TPSA) is 29.5 Å². The number of phenolic OH excluding ortho intramolecular Hbond substituents is 1. The van der Waals surface area contributed by atoms with Crippen molar-refractivity contribution in [1.82, 2.24) is 0 Å². The van der Waals surface area contributed by atoms with E-state index in [2.05, 4.69) is 0 Å². The van der Waals surface area contributed by atoms with Crippen LogP contribution in [0.5, 0.6) is 5.75 Å². The van der Waals surface area contributed by atoms with E-state index in [-0.39, 0.29) is 5.41 Å². The Bertz CT molecular complexity index is 334. The summed E-state index contributed by atoms with van der Waals surface area (Å²) in [6.07, 6.45) is 4.09. The van der Waals surface area contributed by atoms with Gasteiger partial charge in [-0.3, -0.25) is 0 Å². The maximum atomic E-state index is 9.24. The van der Waals surface area contributed by atoms with Crippen molar-refractivity contribution in [2.24, 2.45) is 0 Å². The second-order valence-corrected chi connectivity index (χ2v) is 4.50. The number of fused-ring (bicyclic) bond motifs is 2. The molecule has 0 amide bonds. The molecule has 2 nitrogen and oxygen atoms in total. The van der Waals surface area contributed by atoms with Crippen molar-refractivity contribution >= 4 is 0 Å². The number of rotatable bonds is 1. The Labute approximate surface area is 83.5 Å². The monoisotopic (exact) mass is 190 g/mol. The van der Waals surface area contributed by atoms with Crippen LogP contribution in [0.25, 0.3) is 0 Å². The van der Waals surface area contributed by atoms with Crippen molar-refractivity contribution in [1.29, 1.82) is 0 Å². The van der Waals surface area contributed by atoms with Crippen LogP contribution in [0.2, 0.25) is 0 Å². The van der Waals surface area contributed by atoms with Crippen LogP contribution in [-0.4, -0.2) is 17.8 Å². The first-order valence-electron chi connectivity index (χ1n) is 5.20. The van der Waals surface area contributed by atoms with Crippen molar-refractivity contribution in [3.05, 3.63) is 29.8 Å². The van der Waals surface area contributed by atoms with Crippen LogP contribution >= 0.6 is 0 Å². The van der Waals surface area contributed by atoms with E-state index in [0.717, 1.165) is 13.0 Å². The molecule has 2 atom stereocenters. The van der Waals surface area contributed by atoms with Crippen molar-refractivity contribution in [2.45, 2.75) is 30.8 Å². The Kier molecular flexibility index (Phi) is 1.62. The summed E-state index contributed by atoms with van der Waals surface area (Å²) >= 11 is 0. The van der Waals surface area contributed by atoms with Gasteiger partial charge in [0, 0.05) is 5.41 Å². The second-order valence-electron chi connectivity index (χ2n) is 4.50. The summed E-state index contributed by atoms with van der Waals surface area (Å²) in [6.45, 7) is 0.864. The number of ether oxygens (including phenoxy) is 1. The molecule has 1 heterocycles. The van der Waals surface area contributed by atoms with Crippen LogP contribution in [0.1, 0.15) is 24.8 Å². The average Bonchev–Trinajstić information content (AvgIpc) is 2.79. The predicted octanol–water partition coefficient (Wildman–Crippen LogP) is 2.21. The highest BCUT2D eigenvalue weighted by molar-refractivity contribution is 5.33. The quantitative estimate of drug-likeness (QED) is 0.735. The zero-order chi connectivity index (χ0) is 9.60. The first-order chi connectivity index (χ1) is 6.78. The summed E-state index contributed by atoms with van der Waals surface area (Å²) in [5.41, 5.74) is 1.59. The minimum absolute atomic E-state index is 0.262. The van der Waals surface area contributed by atoms with E-state index in [9.17, 15) is 5.11 Å². The van der Waals surface area contributed by atoms with Gasteiger partial charge in [-0.15, -0.1) is 0 Å². The summed E-state index contributed by atoms with van der Waals surface area (Å²) in [5.74, 6) is 0.346. The highest BCUT2D eigenvalue weighted by Crippen LogP contribution is 2.48. The van der Waals surface area contributed by atoms with Gasteiger partial charge in [-0.05, 0) is 37.0 Å². The molecule has 2 fully saturated rings. The van der Waals surface area contributed by atoms with Crippen molar-refractivity contribution in [3.8, 4) is 5.75 Å². The molecule has 1 saturated heterocycles. The van der Waals surface area contributed by atoms with E-state index < -0.39 is 0 Å². The first-order valence-corrected chi connectivity index (χ1v) is 5.20. The second kappa shape index (κ2) is 2.74. The molecule has 2 heteroatoms. The third-order valence-corrected chi connectivity index (χ3v) is 3.64. The smallest absolute Gasteiger partial charge is 0.115 e. The summed E-state index contributed by atoms with van der Waals surface area (Å²) in [4.78, 5) is 0. The Balaban J connectivity index is 1.98. The molecule has 0 aromatic heterocycles. The molecule has 1 aliphatic carbocycles. The van der Waals surface area contributed by atoms with Crippen LogP contribution in [0.3, 0.4) is 0 Å². The number of hydrogen-bond acceptors (Lipinski definition) is 2. The highest BCUT2D eigenvalue weighted by atomic mass is 16.5. The lowest BCUT2D eigenvalue weighted by atomic mass is 9.80. The summed E-state index contributed by atoms with van der Waals surface area (Å²) in [7, 11) is 0. The van der Waals surface area contributed by atoms with Gasteiger partial charge in [-0.25, -0.2) is 0 Å². The van der Waals surface area contributed by atoms with Crippen LogP contribution in [0.15, 0.2) is 24.3 Å². The fourth-order valence-corrected chi connectivity index (χ4v) is 2.79. The molecule has 2 bridgehead atoms.